The summed E-state index contributed by atoms with van der Waals surface area (Å²) in [6, 6.07) is 1.85. The Kier molecular flexibility index (Phi) is 5.04. The Morgan fingerprint density at radius 2 is 2.33 bits per heavy atom. The molecule has 4 nitrogen and oxygen atoms in total. The van der Waals surface area contributed by atoms with Gasteiger partial charge in [0.05, 0.1) is 7.11 Å². The van der Waals surface area contributed by atoms with Gasteiger partial charge < -0.3 is 15.2 Å². The van der Waals surface area contributed by atoms with Crippen molar-refractivity contribution in [2.45, 2.75) is 19.4 Å². The van der Waals surface area contributed by atoms with Crippen LogP contribution >= 0.6 is 11.6 Å². The van der Waals surface area contributed by atoms with E-state index in [1.165, 1.54) is 0 Å². The van der Waals surface area contributed by atoms with Crippen molar-refractivity contribution >= 4 is 11.6 Å². The minimum atomic E-state index is -0.813. The number of methoxy groups -OCH3 is 1. The predicted molar refractivity (Wildman–Crippen MR) is 83.9 cm³/mol. The first-order valence-electron chi connectivity index (χ1n) is 6.69. The van der Waals surface area contributed by atoms with Crippen LogP contribution in [0.1, 0.15) is 23.7 Å². The Morgan fingerprint density at radius 1 is 1.57 bits per heavy atom. The van der Waals surface area contributed by atoms with Gasteiger partial charge in [0.25, 0.3) is 0 Å². The van der Waals surface area contributed by atoms with E-state index in [1.807, 2.05) is 19.1 Å². The lowest BCUT2D eigenvalue weighted by atomic mass is 9.95. The molecule has 0 spiro atoms. The maximum Gasteiger partial charge on any atom is 0.182 e. The van der Waals surface area contributed by atoms with Crippen LogP contribution in [0, 0.1) is 6.92 Å². The Labute approximate surface area is 129 Å². The molecule has 1 unspecified atom stereocenters. The minimum Gasteiger partial charge on any atom is -0.483 e. The van der Waals surface area contributed by atoms with Crippen LogP contribution in [0.3, 0.4) is 0 Å². The molecule has 112 valence electrons. The van der Waals surface area contributed by atoms with Gasteiger partial charge in [0.15, 0.2) is 5.88 Å². The molecule has 2 rings (SSSR count). The van der Waals surface area contributed by atoms with Crippen molar-refractivity contribution in [1.82, 2.24) is 10.3 Å². The molecule has 5 heteroatoms. The molecule has 0 fully saturated rings. The third-order valence-corrected chi connectivity index (χ3v) is 3.78. The second kappa shape index (κ2) is 6.78. The molecule has 1 aromatic heterocycles. The maximum absolute atomic E-state index is 10.7. The Morgan fingerprint density at radius 3 is 3.00 bits per heavy atom. The molecule has 2 N–H and O–H groups in total. The van der Waals surface area contributed by atoms with Crippen LogP contribution in [0.4, 0.5) is 0 Å². The molecule has 0 radical (unpaired) electrons. The summed E-state index contributed by atoms with van der Waals surface area (Å²) in [5.74, 6) is 0.685. The number of aryl methyl sites for hydroxylation is 1. The second-order valence-electron chi connectivity index (χ2n) is 4.88. The van der Waals surface area contributed by atoms with Crippen molar-refractivity contribution in [2.75, 3.05) is 13.7 Å². The predicted octanol–water partition coefficient (Wildman–Crippen LogP) is 3.04. The first-order valence-corrected chi connectivity index (χ1v) is 7.07. The van der Waals surface area contributed by atoms with Crippen LogP contribution in [0.15, 0.2) is 48.0 Å². The minimum absolute atomic E-state index is 0.317. The largest absolute Gasteiger partial charge is 0.483 e. The second-order valence-corrected chi connectivity index (χ2v) is 5.24. The van der Waals surface area contributed by atoms with Crippen molar-refractivity contribution in [2.24, 2.45) is 0 Å². The van der Waals surface area contributed by atoms with Gasteiger partial charge in [-0.1, -0.05) is 24.3 Å². The molecule has 1 atom stereocenters. The number of rotatable bonds is 4. The van der Waals surface area contributed by atoms with Crippen LogP contribution < -0.4 is 5.32 Å². The molecule has 2 heterocycles. The Hall–Kier alpha value is -1.78. The monoisotopic (exact) mass is 306 g/mol. The fourth-order valence-electron chi connectivity index (χ4n) is 2.30. The van der Waals surface area contributed by atoms with Crippen LogP contribution in [0.5, 0.6) is 0 Å². The van der Waals surface area contributed by atoms with Gasteiger partial charge >= 0.3 is 0 Å². The number of hydrogen-bond donors (Lipinski definition) is 2. The third kappa shape index (κ3) is 3.46. The van der Waals surface area contributed by atoms with E-state index < -0.39 is 6.10 Å². The van der Waals surface area contributed by atoms with Crippen molar-refractivity contribution in [3.05, 3.63) is 64.3 Å². The lowest BCUT2D eigenvalue weighted by Crippen LogP contribution is -2.16. The highest BCUT2D eigenvalue weighted by Crippen LogP contribution is 2.32. The number of halogens is 1. The van der Waals surface area contributed by atoms with E-state index >= 15 is 0 Å². The van der Waals surface area contributed by atoms with Gasteiger partial charge in [-0.25, -0.2) is 4.98 Å². The number of nitrogens with one attached hydrogen (secondary N) is 1. The number of nitrogens with zero attached hydrogens (tertiary/aromatic N) is 1. The van der Waals surface area contributed by atoms with E-state index in [4.69, 9.17) is 16.3 Å². The average molecular weight is 307 g/mol. The number of ether oxygens (including phenoxy) is 1. The van der Waals surface area contributed by atoms with Gasteiger partial charge in [-0.15, -0.1) is 0 Å². The molecule has 21 heavy (non-hydrogen) atoms. The Bertz CT molecular complexity index is 608. The normalized spacial score (nSPS) is 16.7. The summed E-state index contributed by atoms with van der Waals surface area (Å²) in [6.07, 6.45) is 5.07. The fourth-order valence-corrected chi connectivity index (χ4v) is 2.51. The lowest BCUT2D eigenvalue weighted by molar-refractivity contribution is 0.211. The third-order valence-electron chi connectivity index (χ3n) is 3.47. The average Bonchev–Trinajstić information content (AvgIpc) is 2.70. The highest BCUT2D eigenvalue weighted by atomic mass is 35.5. The molecule has 0 aliphatic carbocycles. The molecule has 1 aliphatic heterocycles. The molecule has 1 aliphatic rings. The number of aliphatic hydroxyl groups is 1. The summed E-state index contributed by atoms with van der Waals surface area (Å²) < 4.78 is 5.21. The maximum atomic E-state index is 10.7. The molecular formula is C16H19ClN2O2. The Balaban J connectivity index is 2.40. The summed E-state index contributed by atoms with van der Waals surface area (Å²) in [5.41, 5.74) is 3.34. The van der Waals surface area contributed by atoms with Crippen LogP contribution in [-0.2, 0) is 4.74 Å². The molecule has 0 saturated carbocycles. The number of pyridine rings is 1. The molecule has 0 bridgehead atoms. The van der Waals surface area contributed by atoms with E-state index in [-0.39, 0.29) is 0 Å². The van der Waals surface area contributed by atoms with Gasteiger partial charge in [0.1, 0.15) is 11.3 Å². The summed E-state index contributed by atoms with van der Waals surface area (Å²) in [7, 11) is 1.61. The van der Waals surface area contributed by atoms with Crippen molar-refractivity contribution in [3.63, 3.8) is 0 Å². The SMILES string of the molecule is C=CC1=C(C(O)c2cc(C)cnc2Cl)CC=C(OC)NC1. The lowest BCUT2D eigenvalue weighted by Gasteiger charge is -2.18. The van der Waals surface area contributed by atoms with Crippen LogP contribution in [0.2, 0.25) is 5.15 Å². The summed E-state index contributed by atoms with van der Waals surface area (Å²) in [4.78, 5) is 4.10. The van der Waals surface area contributed by atoms with Crippen molar-refractivity contribution < 1.29 is 9.84 Å². The summed E-state index contributed by atoms with van der Waals surface area (Å²) >= 11 is 6.12. The standard InChI is InChI=1S/C16H19ClN2O2/c1-4-11-9-18-14(21-3)6-5-12(11)15(20)13-7-10(2)8-19-16(13)17/h4,6-8,15,18,20H,1,5,9H2,2-3H3. The van der Waals surface area contributed by atoms with Crippen LogP contribution in [0.25, 0.3) is 0 Å². The fraction of sp³-hybridized carbons (Fsp3) is 0.312. The molecule has 0 aromatic carbocycles. The molecule has 1 aromatic rings. The van der Waals surface area contributed by atoms with Gasteiger partial charge in [-0.05, 0) is 42.2 Å². The van der Waals surface area contributed by atoms with Gasteiger partial charge in [-0.3, -0.25) is 0 Å². The van der Waals surface area contributed by atoms with E-state index in [0.717, 1.165) is 16.7 Å². The molecule has 0 amide bonds. The summed E-state index contributed by atoms with van der Waals surface area (Å²) in [6.45, 7) is 6.29. The number of aromatic nitrogens is 1. The van der Waals surface area contributed by atoms with E-state index in [0.29, 0.717) is 29.6 Å². The first kappa shape index (κ1) is 15.6. The summed E-state index contributed by atoms with van der Waals surface area (Å²) in [5, 5.41) is 14.2. The van der Waals surface area contributed by atoms with Crippen LogP contribution in [-0.4, -0.2) is 23.7 Å². The van der Waals surface area contributed by atoms with E-state index in [2.05, 4.69) is 16.9 Å². The number of allylic oxidation sites excluding steroid dienone is 1. The van der Waals surface area contributed by atoms with Crippen molar-refractivity contribution in [1.29, 1.82) is 0 Å². The van der Waals surface area contributed by atoms with Gasteiger partial charge in [0, 0.05) is 18.3 Å². The van der Waals surface area contributed by atoms with Gasteiger partial charge in [0.2, 0.25) is 0 Å². The smallest absolute Gasteiger partial charge is 0.182 e. The van der Waals surface area contributed by atoms with E-state index in [9.17, 15) is 5.11 Å². The van der Waals surface area contributed by atoms with Crippen molar-refractivity contribution in [3.8, 4) is 0 Å². The molecule has 0 saturated heterocycles. The zero-order chi connectivity index (χ0) is 15.4. The highest BCUT2D eigenvalue weighted by molar-refractivity contribution is 6.30. The zero-order valence-electron chi connectivity index (χ0n) is 12.2. The zero-order valence-corrected chi connectivity index (χ0v) is 12.9. The van der Waals surface area contributed by atoms with E-state index in [1.54, 1.807) is 19.4 Å². The number of aliphatic hydroxyl groups excluding tert-OH is 1. The quantitative estimate of drug-likeness (QED) is 0.840. The van der Waals surface area contributed by atoms with Gasteiger partial charge in [-0.2, -0.15) is 0 Å². The topological polar surface area (TPSA) is 54.4 Å². The first-order chi connectivity index (χ1) is 10.1. The highest BCUT2D eigenvalue weighted by Gasteiger charge is 2.21. The molecular weight excluding hydrogens is 288 g/mol. The number of hydrogen-bond acceptors (Lipinski definition) is 4.